The van der Waals surface area contributed by atoms with Gasteiger partial charge in [-0.1, -0.05) is 42.5 Å². The summed E-state index contributed by atoms with van der Waals surface area (Å²) in [6, 6.07) is 14.4. The van der Waals surface area contributed by atoms with Crippen LogP contribution in [0.15, 0.2) is 54.6 Å². The van der Waals surface area contributed by atoms with Crippen molar-refractivity contribution in [2.24, 2.45) is 5.92 Å². The Morgan fingerprint density at radius 2 is 1.79 bits per heavy atom. The molecule has 0 aromatic heterocycles. The van der Waals surface area contributed by atoms with Gasteiger partial charge in [-0.25, -0.2) is 4.79 Å². The molecule has 0 unspecified atom stereocenters. The Bertz CT molecular complexity index is 1060. The van der Waals surface area contributed by atoms with Crippen LogP contribution in [-0.4, -0.2) is 46.8 Å². The molecule has 0 bridgehead atoms. The van der Waals surface area contributed by atoms with E-state index in [0.717, 1.165) is 23.3 Å². The molecule has 0 radical (unpaired) electrons. The average Bonchev–Trinajstić information content (AvgIpc) is 3.63. The van der Waals surface area contributed by atoms with Gasteiger partial charge in [0.2, 0.25) is 5.91 Å². The highest BCUT2D eigenvalue weighted by Gasteiger charge is 2.50. The van der Waals surface area contributed by atoms with Gasteiger partial charge >= 0.3 is 12.6 Å². The summed E-state index contributed by atoms with van der Waals surface area (Å²) < 4.78 is 29.2. The summed E-state index contributed by atoms with van der Waals surface area (Å²) in [4.78, 5) is 42.0. The lowest BCUT2D eigenvalue weighted by Gasteiger charge is -2.31. The van der Waals surface area contributed by atoms with Gasteiger partial charge in [0.15, 0.2) is 0 Å². The van der Waals surface area contributed by atoms with Crippen molar-refractivity contribution in [1.29, 1.82) is 0 Å². The Kier molecular flexibility index (Phi) is 6.54. The minimum atomic E-state index is -2.97. The molecule has 1 aliphatic heterocycles. The van der Waals surface area contributed by atoms with E-state index >= 15 is 0 Å². The zero-order chi connectivity index (χ0) is 24.5. The summed E-state index contributed by atoms with van der Waals surface area (Å²) >= 11 is 0. The first-order valence-electron chi connectivity index (χ1n) is 11.2. The van der Waals surface area contributed by atoms with E-state index in [2.05, 4.69) is 10.1 Å². The zero-order valence-electron chi connectivity index (χ0n) is 19.0. The molecule has 9 heteroatoms. The van der Waals surface area contributed by atoms with Gasteiger partial charge in [0.25, 0.3) is 5.91 Å². The Hall–Kier alpha value is -3.49. The highest BCUT2D eigenvalue weighted by atomic mass is 19.3. The van der Waals surface area contributed by atoms with E-state index in [0.29, 0.717) is 18.0 Å². The molecule has 34 heavy (non-hydrogen) atoms. The lowest BCUT2D eigenvalue weighted by molar-refractivity contribution is -0.140. The molecule has 2 aliphatic rings. The number of amides is 4. The van der Waals surface area contributed by atoms with E-state index < -0.39 is 24.1 Å². The molecule has 1 heterocycles. The van der Waals surface area contributed by atoms with Crippen molar-refractivity contribution in [3.63, 3.8) is 0 Å². The highest BCUT2D eigenvalue weighted by Crippen LogP contribution is 2.36. The first-order valence-corrected chi connectivity index (χ1v) is 11.2. The number of halogens is 2. The standard InChI is InChI=1S/C25H27F2N3O4/c1-16(18-8-9-18)29(14-17-6-4-3-5-7-17)21(31)15-30-22(32)25(2,28-24(30)33)19-10-12-20(13-11-19)34-23(26)27/h3-7,10-13,16,18,23H,8-9,14-15H2,1-2H3,(H,28,33)/t16-,25-/m1/s1. The van der Waals surface area contributed by atoms with Gasteiger partial charge in [0, 0.05) is 12.6 Å². The number of carbonyl (C=O) groups excluding carboxylic acids is 3. The number of nitrogens with one attached hydrogen (secondary N) is 1. The molecule has 2 aromatic carbocycles. The summed E-state index contributed by atoms with van der Waals surface area (Å²) in [5.41, 5.74) is -0.0565. The van der Waals surface area contributed by atoms with Crippen LogP contribution in [0.5, 0.6) is 5.75 Å². The summed E-state index contributed by atoms with van der Waals surface area (Å²) in [6.45, 7) is 0.570. The molecule has 1 N–H and O–H groups in total. The summed E-state index contributed by atoms with van der Waals surface area (Å²) in [7, 11) is 0. The van der Waals surface area contributed by atoms with Gasteiger partial charge in [-0.05, 0) is 55.9 Å². The van der Waals surface area contributed by atoms with Crippen molar-refractivity contribution in [2.45, 2.75) is 51.4 Å². The molecule has 2 fully saturated rings. The molecule has 1 aliphatic carbocycles. The molecular formula is C25H27F2N3O4. The van der Waals surface area contributed by atoms with Crippen LogP contribution < -0.4 is 10.1 Å². The number of alkyl halides is 2. The number of rotatable bonds is 9. The number of carbonyl (C=O) groups is 3. The topological polar surface area (TPSA) is 79.0 Å². The van der Waals surface area contributed by atoms with Crippen LogP contribution in [-0.2, 0) is 21.7 Å². The SMILES string of the molecule is C[C@H](C1CC1)N(Cc1ccccc1)C(=O)CN1C(=O)N[C@](C)(c2ccc(OC(F)F)cc2)C1=O. The number of ether oxygens (including phenoxy) is 1. The third-order valence-corrected chi connectivity index (χ3v) is 6.54. The zero-order valence-corrected chi connectivity index (χ0v) is 19.0. The second kappa shape index (κ2) is 9.40. The van der Waals surface area contributed by atoms with Crippen LogP contribution in [0.1, 0.15) is 37.8 Å². The fourth-order valence-corrected chi connectivity index (χ4v) is 4.30. The molecule has 4 rings (SSSR count). The maximum Gasteiger partial charge on any atom is 0.387 e. The van der Waals surface area contributed by atoms with E-state index in [4.69, 9.17) is 0 Å². The molecule has 7 nitrogen and oxygen atoms in total. The molecule has 1 saturated carbocycles. The van der Waals surface area contributed by atoms with E-state index in [1.165, 1.54) is 31.2 Å². The molecule has 1 saturated heterocycles. The predicted octanol–water partition coefficient (Wildman–Crippen LogP) is 3.88. The number of hydrogen-bond acceptors (Lipinski definition) is 4. The summed E-state index contributed by atoms with van der Waals surface area (Å²) in [5, 5.41) is 2.64. The third kappa shape index (κ3) is 4.88. The number of nitrogens with zero attached hydrogens (tertiary/aromatic N) is 2. The number of benzene rings is 2. The molecule has 0 spiro atoms. The van der Waals surface area contributed by atoms with Crippen molar-refractivity contribution in [2.75, 3.05) is 6.54 Å². The van der Waals surface area contributed by atoms with Crippen LogP contribution in [0.3, 0.4) is 0 Å². The molecular weight excluding hydrogens is 444 g/mol. The molecule has 2 atom stereocenters. The second-order valence-corrected chi connectivity index (χ2v) is 8.93. The minimum Gasteiger partial charge on any atom is -0.435 e. The Labute approximate surface area is 196 Å². The van der Waals surface area contributed by atoms with Gasteiger partial charge in [0.05, 0.1) is 0 Å². The van der Waals surface area contributed by atoms with Crippen molar-refractivity contribution < 1.29 is 27.9 Å². The monoisotopic (exact) mass is 471 g/mol. The lowest BCUT2D eigenvalue weighted by Crippen LogP contribution is -2.47. The van der Waals surface area contributed by atoms with E-state index in [1.54, 1.807) is 4.90 Å². The minimum absolute atomic E-state index is 0.0118. The quantitative estimate of drug-likeness (QED) is 0.563. The Morgan fingerprint density at radius 3 is 2.38 bits per heavy atom. The van der Waals surface area contributed by atoms with Gasteiger partial charge in [-0.3, -0.25) is 14.5 Å². The predicted molar refractivity (Wildman–Crippen MR) is 120 cm³/mol. The van der Waals surface area contributed by atoms with Gasteiger partial charge in [-0.2, -0.15) is 8.78 Å². The first-order chi connectivity index (χ1) is 16.2. The van der Waals surface area contributed by atoms with Gasteiger partial charge in [-0.15, -0.1) is 0 Å². The smallest absolute Gasteiger partial charge is 0.387 e. The summed E-state index contributed by atoms with van der Waals surface area (Å²) in [6.07, 6.45) is 2.10. The van der Waals surface area contributed by atoms with E-state index in [9.17, 15) is 23.2 Å². The van der Waals surface area contributed by atoms with Crippen LogP contribution in [0.4, 0.5) is 13.6 Å². The Balaban J connectivity index is 1.50. The van der Waals surface area contributed by atoms with Gasteiger partial charge < -0.3 is 15.0 Å². The van der Waals surface area contributed by atoms with Crippen molar-refractivity contribution >= 4 is 17.8 Å². The number of imide groups is 1. The first kappa shape index (κ1) is 23.7. The van der Waals surface area contributed by atoms with Crippen molar-refractivity contribution in [3.8, 4) is 5.75 Å². The lowest BCUT2D eigenvalue weighted by atomic mass is 9.92. The summed E-state index contributed by atoms with van der Waals surface area (Å²) in [5.74, 6) is -0.532. The fourth-order valence-electron chi connectivity index (χ4n) is 4.30. The molecule has 2 aromatic rings. The van der Waals surface area contributed by atoms with Crippen LogP contribution in [0.2, 0.25) is 0 Å². The Morgan fingerprint density at radius 1 is 1.15 bits per heavy atom. The normalized spacial score (nSPS) is 20.9. The van der Waals surface area contributed by atoms with Crippen molar-refractivity contribution in [3.05, 3.63) is 65.7 Å². The van der Waals surface area contributed by atoms with Crippen LogP contribution >= 0.6 is 0 Å². The third-order valence-electron chi connectivity index (χ3n) is 6.54. The van der Waals surface area contributed by atoms with Crippen LogP contribution in [0.25, 0.3) is 0 Å². The maximum atomic E-state index is 13.3. The number of urea groups is 1. The van der Waals surface area contributed by atoms with Crippen LogP contribution in [0, 0.1) is 5.92 Å². The highest BCUT2D eigenvalue weighted by molar-refractivity contribution is 6.09. The largest absolute Gasteiger partial charge is 0.435 e. The fraction of sp³-hybridized carbons (Fsp3) is 0.400. The van der Waals surface area contributed by atoms with E-state index in [-0.39, 0.29) is 24.2 Å². The van der Waals surface area contributed by atoms with Gasteiger partial charge in [0.1, 0.15) is 17.8 Å². The maximum absolute atomic E-state index is 13.3. The number of hydrogen-bond donors (Lipinski definition) is 1. The second-order valence-electron chi connectivity index (χ2n) is 8.93. The average molecular weight is 472 g/mol. The van der Waals surface area contributed by atoms with E-state index in [1.807, 2.05) is 37.3 Å². The molecule has 4 amide bonds. The van der Waals surface area contributed by atoms with Crippen molar-refractivity contribution in [1.82, 2.24) is 15.1 Å². The molecule has 180 valence electrons.